The Morgan fingerprint density at radius 1 is 1.42 bits per heavy atom. The summed E-state index contributed by atoms with van der Waals surface area (Å²) in [5, 5.41) is 8.15. The average Bonchev–Trinajstić information content (AvgIpc) is 2.95. The molecule has 0 saturated heterocycles. The zero-order chi connectivity index (χ0) is 13.2. The van der Waals surface area contributed by atoms with E-state index in [0.29, 0.717) is 11.8 Å². The molecule has 0 radical (unpaired) electrons. The van der Waals surface area contributed by atoms with E-state index in [1.807, 2.05) is 13.1 Å². The maximum Gasteiger partial charge on any atom is 0.233 e. The summed E-state index contributed by atoms with van der Waals surface area (Å²) in [5.74, 6) is 1.39. The fourth-order valence-corrected chi connectivity index (χ4v) is 2.34. The third-order valence-corrected chi connectivity index (χ3v) is 3.59. The van der Waals surface area contributed by atoms with Gasteiger partial charge in [0.25, 0.3) is 0 Å². The predicted octanol–water partition coefficient (Wildman–Crippen LogP) is 1.54. The zero-order valence-corrected chi connectivity index (χ0v) is 11.2. The summed E-state index contributed by atoms with van der Waals surface area (Å²) in [7, 11) is 0. The van der Waals surface area contributed by atoms with Crippen LogP contribution in [0.5, 0.6) is 0 Å². The van der Waals surface area contributed by atoms with Crippen molar-refractivity contribution in [3.8, 4) is 0 Å². The second-order valence-corrected chi connectivity index (χ2v) is 4.78. The van der Waals surface area contributed by atoms with Crippen molar-refractivity contribution >= 4 is 0 Å². The summed E-state index contributed by atoms with van der Waals surface area (Å²) < 4.78 is 5.64. The van der Waals surface area contributed by atoms with Crippen molar-refractivity contribution in [2.45, 2.75) is 39.3 Å². The molecule has 0 N–H and O–H groups in total. The fraction of sp³-hybridized carbons (Fsp3) is 0.538. The zero-order valence-electron chi connectivity index (χ0n) is 11.2. The van der Waals surface area contributed by atoms with Gasteiger partial charge in [0, 0.05) is 25.7 Å². The molecule has 1 aliphatic heterocycles. The summed E-state index contributed by atoms with van der Waals surface area (Å²) in [6.07, 6.45) is 5.26. The summed E-state index contributed by atoms with van der Waals surface area (Å²) in [4.78, 5) is 10.7. The minimum atomic E-state index is 0.121. The van der Waals surface area contributed by atoms with Crippen LogP contribution in [0.4, 0.5) is 0 Å². The van der Waals surface area contributed by atoms with Crippen LogP contribution in [0.1, 0.15) is 42.9 Å². The SMILES string of the molecule is CCc1nnc([C@@H](C)N2CCc3cncnc3C2)o1. The topological polar surface area (TPSA) is 67.9 Å². The van der Waals surface area contributed by atoms with Crippen LogP contribution in [-0.4, -0.2) is 31.6 Å². The van der Waals surface area contributed by atoms with Gasteiger partial charge in [-0.15, -0.1) is 10.2 Å². The largest absolute Gasteiger partial charge is 0.424 e. The highest BCUT2D eigenvalue weighted by molar-refractivity contribution is 5.19. The molecule has 0 aromatic carbocycles. The van der Waals surface area contributed by atoms with Crippen molar-refractivity contribution in [1.29, 1.82) is 0 Å². The lowest BCUT2D eigenvalue weighted by atomic mass is 10.1. The molecule has 0 unspecified atom stereocenters. The maximum atomic E-state index is 5.64. The Balaban J connectivity index is 1.77. The average molecular weight is 259 g/mol. The van der Waals surface area contributed by atoms with Crippen LogP contribution in [0.25, 0.3) is 0 Å². The Morgan fingerprint density at radius 2 is 2.32 bits per heavy atom. The third kappa shape index (κ3) is 2.35. The highest BCUT2D eigenvalue weighted by Crippen LogP contribution is 2.25. The van der Waals surface area contributed by atoms with E-state index in [-0.39, 0.29) is 6.04 Å². The van der Waals surface area contributed by atoms with E-state index in [0.717, 1.165) is 31.6 Å². The summed E-state index contributed by atoms with van der Waals surface area (Å²) >= 11 is 0. The van der Waals surface area contributed by atoms with Gasteiger partial charge >= 0.3 is 0 Å². The van der Waals surface area contributed by atoms with Crippen molar-refractivity contribution in [3.63, 3.8) is 0 Å². The third-order valence-electron chi connectivity index (χ3n) is 3.59. The van der Waals surface area contributed by atoms with Gasteiger partial charge in [0.1, 0.15) is 6.33 Å². The van der Waals surface area contributed by atoms with E-state index < -0.39 is 0 Å². The fourth-order valence-electron chi connectivity index (χ4n) is 2.34. The van der Waals surface area contributed by atoms with Crippen LogP contribution in [0.2, 0.25) is 0 Å². The monoisotopic (exact) mass is 259 g/mol. The predicted molar refractivity (Wildman–Crippen MR) is 68.2 cm³/mol. The molecule has 0 bridgehead atoms. The quantitative estimate of drug-likeness (QED) is 0.833. The molecule has 2 aromatic rings. The molecule has 3 heterocycles. The van der Waals surface area contributed by atoms with Crippen LogP contribution in [-0.2, 0) is 19.4 Å². The second-order valence-electron chi connectivity index (χ2n) is 4.78. The molecule has 100 valence electrons. The standard InChI is InChI=1S/C13H17N5O/c1-3-12-16-17-13(19-12)9(2)18-5-4-10-6-14-8-15-11(10)7-18/h6,8-9H,3-5,7H2,1-2H3/t9-/m1/s1. The smallest absolute Gasteiger partial charge is 0.233 e. The van der Waals surface area contributed by atoms with Crippen molar-refractivity contribution in [2.75, 3.05) is 6.54 Å². The number of fused-ring (bicyclic) bond motifs is 1. The van der Waals surface area contributed by atoms with E-state index in [2.05, 4.69) is 32.0 Å². The first-order valence-electron chi connectivity index (χ1n) is 6.62. The number of hydrogen-bond acceptors (Lipinski definition) is 6. The molecule has 3 rings (SSSR count). The number of hydrogen-bond donors (Lipinski definition) is 0. The summed E-state index contributed by atoms with van der Waals surface area (Å²) in [5.41, 5.74) is 2.34. The molecule has 0 aliphatic carbocycles. The molecule has 1 aliphatic rings. The minimum Gasteiger partial charge on any atom is -0.424 e. The summed E-state index contributed by atoms with van der Waals surface area (Å²) in [6, 6.07) is 0.121. The van der Waals surface area contributed by atoms with Gasteiger partial charge in [-0.05, 0) is 18.9 Å². The maximum absolute atomic E-state index is 5.64. The van der Waals surface area contributed by atoms with E-state index in [4.69, 9.17) is 4.42 Å². The van der Waals surface area contributed by atoms with Crippen LogP contribution in [0, 0.1) is 0 Å². The molecule has 2 aromatic heterocycles. The lowest BCUT2D eigenvalue weighted by Gasteiger charge is -2.30. The highest BCUT2D eigenvalue weighted by Gasteiger charge is 2.25. The van der Waals surface area contributed by atoms with Crippen LogP contribution < -0.4 is 0 Å². The Kier molecular flexibility index (Phi) is 3.25. The van der Waals surface area contributed by atoms with Gasteiger partial charge in [0.15, 0.2) is 0 Å². The molecule has 0 saturated carbocycles. The number of aryl methyl sites for hydroxylation is 1. The molecule has 0 fully saturated rings. The molecule has 6 nitrogen and oxygen atoms in total. The lowest BCUT2D eigenvalue weighted by Crippen LogP contribution is -2.33. The Labute approximate surface area is 111 Å². The first-order valence-corrected chi connectivity index (χ1v) is 6.62. The number of nitrogens with zero attached hydrogens (tertiary/aromatic N) is 5. The first-order chi connectivity index (χ1) is 9.28. The van der Waals surface area contributed by atoms with Gasteiger partial charge in [-0.2, -0.15) is 0 Å². The Morgan fingerprint density at radius 3 is 3.11 bits per heavy atom. The molecule has 0 amide bonds. The van der Waals surface area contributed by atoms with Crippen molar-refractivity contribution < 1.29 is 4.42 Å². The number of aromatic nitrogens is 4. The molecule has 1 atom stereocenters. The molecule has 19 heavy (non-hydrogen) atoms. The molecular weight excluding hydrogens is 242 g/mol. The highest BCUT2D eigenvalue weighted by atomic mass is 16.4. The van der Waals surface area contributed by atoms with E-state index in [9.17, 15) is 0 Å². The molecular formula is C13H17N5O. The minimum absolute atomic E-state index is 0.121. The van der Waals surface area contributed by atoms with Crippen molar-refractivity contribution in [3.05, 3.63) is 35.6 Å². The molecule has 6 heteroatoms. The van der Waals surface area contributed by atoms with Gasteiger partial charge in [0.05, 0.1) is 11.7 Å². The van der Waals surface area contributed by atoms with E-state index >= 15 is 0 Å². The van der Waals surface area contributed by atoms with E-state index in [1.165, 1.54) is 5.56 Å². The number of rotatable bonds is 3. The van der Waals surface area contributed by atoms with Crippen LogP contribution in [0.3, 0.4) is 0 Å². The van der Waals surface area contributed by atoms with Crippen molar-refractivity contribution in [2.24, 2.45) is 0 Å². The Bertz CT molecular complexity index is 568. The van der Waals surface area contributed by atoms with E-state index in [1.54, 1.807) is 6.33 Å². The van der Waals surface area contributed by atoms with Gasteiger partial charge in [0.2, 0.25) is 11.8 Å². The Hall–Kier alpha value is -1.82. The van der Waals surface area contributed by atoms with Gasteiger partial charge < -0.3 is 4.42 Å². The van der Waals surface area contributed by atoms with Crippen molar-refractivity contribution in [1.82, 2.24) is 25.1 Å². The molecule has 0 spiro atoms. The lowest BCUT2D eigenvalue weighted by molar-refractivity contribution is 0.162. The summed E-state index contributed by atoms with van der Waals surface area (Å²) in [6.45, 7) is 5.88. The van der Waals surface area contributed by atoms with Crippen LogP contribution >= 0.6 is 0 Å². The normalized spacial score (nSPS) is 17.2. The van der Waals surface area contributed by atoms with Gasteiger partial charge in [-0.25, -0.2) is 9.97 Å². The second kappa shape index (κ2) is 5.05. The van der Waals surface area contributed by atoms with Crippen LogP contribution in [0.15, 0.2) is 16.9 Å². The van der Waals surface area contributed by atoms with Gasteiger partial charge in [-0.3, -0.25) is 4.90 Å². The van der Waals surface area contributed by atoms with Gasteiger partial charge in [-0.1, -0.05) is 6.92 Å². The first kappa shape index (κ1) is 12.2.